The summed E-state index contributed by atoms with van der Waals surface area (Å²) in [6.45, 7) is 1.14. The quantitative estimate of drug-likeness (QED) is 0.810. The third-order valence-corrected chi connectivity index (χ3v) is 4.21. The number of benzene rings is 1. The number of hydrogen-bond acceptors (Lipinski definition) is 4. The maximum atomic E-state index is 13.2. The van der Waals surface area contributed by atoms with Crippen molar-refractivity contribution < 1.29 is 22.7 Å². The second-order valence-electron chi connectivity index (χ2n) is 4.43. The van der Waals surface area contributed by atoms with Gasteiger partial charge in [0.1, 0.15) is 11.1 Å². The van der Waals surface area contributed by atoms with Gasteiger partial charge in [0.25, 0.3) is 0 Å². The minimum atomic E-state index is -3.52. The summed E-state index contributed by atoms with van der Waals surface area (Å²) in [6.07, 6.45) is 1.17. The van der Waals surface area contributed by atoms with Gasteiger partial charge in [0.2, 0.25) is 5.91 Å². The Hall–Kier alpha value is -1.91. The first kappa shape index (κ1) is 17.1. The molecule has 1 atom stereocenters. The third-order valence-electron chi connectivity index (χ3n) is 2.71. The molecule has 2 N–H and O–H groups in total. The van der Waals surface area contributed by atoms with Crippen LogP contribution >= 0.6 is 0 Å². The second-order valence-corrected chi connectivity index (χ2v) is 6.79. The number of nitrogens with one attached hydrogen (secondary N) is 1. The lowest BCUT2D eigenvalue weighted by Gasteiger charge is -2.12. The maximum absolute atomic E-state index is 13.2. The predicted molar refractivity (Wildman–Crippen MR) is 77.9 cm³/mol. The van der Waals surface area contributed by atoms with E-state index in [4.69, 9.17) is 5.11 Å². The molecule has 21 heavy (non-hydrogen) atoms. The van der Waals surface area contributed by atoms with Crippen molar-refractivity contribution >= 4 is 21.4 Å². The zero-order valence-corrected chi connectivity index (χ0v) is 12.5. The number of hydrogen-bond donors (Lipinski definition) is 2. The normalized spacial score (nSPS) is 12.2. The molecular weight excluding hydrogens is 297 g/mol. The highest BCUT2D eigenvalue weighted by molar-refractivity contribution is 7.92. The Balaban J connectivity index is 3.04. The first-order valence-electron chi connectivity index (χ1n) is 6.14. The Kier molecular flexibility index (Phi) is 5.88. The number of carbonyl (C=O) groups excluding carboxylic acids is 1. The van der Waals surface area contributed by atoms with Gasteiger partial charge in [-0.3, -0.25) is 4.79 Å². The van der Waals surface area contributed by atoms with E-state index in [1.165, 1.54) is 13.0 Å². The van der Waals surface area contributed by atoms with Crippen molar-refractivity contribution in [1.29, 1.82) is 0 Å². The van der Waals surface area contributed by atoms with E-state index in [0.717, 1.165) is 18.4 Å². The molecule has 0 bridgehead atoms. The highest BCUT2D eigenvalue weighted by Gasteiger charge is 2.24. The first-order valence-corrected chi connectivity index (χ1v) is 8.10. The Morgan fingerprint density at radius 2 is 2.14 bits per heavy atom. The molecule has 0 aliphatic rings. The summed E-state index contributed by atoms with van der Waals surface area (Å²) in [5, 5.41) is 9.86. The van der Waals surface area contributed by atoms with Gasteiger partial charge >= 0.3 is 0 Å². The second kappa shape index (κ2) is 7.20. The highest BCUT2D eigenvalue weighted by atomic mass is 32.2. The van der Waals surface area contributed by atoms with E-state index >= 15 is 0 Å². The van der Waals surface area contributed by atoms with Crippen molar-refractivity contribution in [3.8, 4) is 11.8 Å². The molecule has 114 valence electrons. The van der Waals surface area contributed by atoms with E-state index in [-0.39, 0.29) is 24.3 Å². The van der Waals surface area contributed by atoms with Crippen LogP contribution in [0.2, 0.25) is 0 Å². The van der Waals surface area contributed by atoms with Crippen molar-refractivity contribution in [2.45, 2.75) is 18.6 Å². The molecule has 1 aromatic carbocycles. The van der Waals surface area contributed by atoms with E-state index in [1.54, 1.807) is 0 Å². The van der Waals surface area contributed by atoms with Crippen LogP contribution < -0.4 is 5.32 Å². The molecule has 0 heterocycles. The molecule has 0 spiro atoms. The van der Waals surface area contributed by atoms with Crippen LogP contribution in [-0.2, 0) is 14.6 Å². The Labute approximate surface area is 123 Å². The first-order chi connectivity index (χ1) is 9.75. The summed E-state index contributed by atoms with van der Waals surface area (Å²) in [5.74, 6) is 4.00. The van der Waals surface area contributed by atoms with Crippen LogP contribution in [0.4, 0.5) is 10.1 Å². The predicted octanol–water partition coefficient (Wildman–Crippen LogP) is 0.931. The molecule has 0 saturated heterocycles. The molecule has 1 rings (SSSR count). The van der Waals surface area contributed by atoms with E-state index in [1.807, 2.05) is 0 Å². The van der Waals surface area contributed by atoms with Crippen LogP contribution in [0.5, 0.6) is 0 Å². The smallest absolute Gasteiger partial charge is 0.242 e. The lowest BCUT2D eigenvalue weighted by molar-refractivity contribution is -0.115. The van der Waals surface area contributed by atoms with Crippen LogP contribution in [0, 0.1) is 17.7 Å². The van der Waals surface area contributed by atoms with Gasteiger partial charge in [-0.15, -0.1) is 0 Å². The van der Waals surface area contributed by atoms with Crippen LogP contribution in [0.15, 0.2) is 18.2 Å². The SMILES string of the molecule is CC(C(=O)Nc1ccc(F)cc1C#CCCO)S(C)(=O)=O. The van der Waals surface area contributed by atoms with Crippen LogP contribution in [0.1, 0.15) is 18.9 Å². The fraction of sp³-hybridized carbons (Fsp3) is 0.357. The fourth-order valence-corrected chi connectivity index (χ4v) is 1.82. The minimum Gasteiger partial charge on any atom is -0.395 e. The van der Waals surface area contributed by atoms with Gasteiger partial charge in [0.15, 0.2) is 9.84 Å². The highest BCUT2D eigenvalue weighted by Crippen LogP contribution is 2.17. The lowest BCUT2D eigenvalue weighted by Crippen LogP contribution is -2.32. The average molecular weight is 313 g/mol. The zero-order valence-electron chi connectivity index (χ0n) is 11.7. The Morgan fingerprint density at radius 1 is 1.48 bits per heavy atom. The maximum Gasteiger partial charge on any atom is 0.242 e. The molecule has 1 amide bonds. The Morgan fingerprint density at radius 3 is 2.71 bits per heavy atom. The number of aliphatic hydroxyl groups is 1. The fourth-order valence-electron chi connectivity index (χ4n) is 1.37. The minimum absolute atomic E-state index is 0.130. The molecule has 0 fully saturated rings. The van der Waals surface area contributed by atoms with Gasteiger partial charge in [0.05, 0.1) is 17.9 Å². The molecule has 1 unspecified atom stereocenters. The molecule has 0 radical (unpaired) electrons. The molecule has 0 aromatic heterocycles. The average Bonchev–Trinajstić information content (AvgIpc) is 2.40. The van der Waals surface area contributed by atoms with Crippen molar-refractivity contribution in [3.05, 3.63) is 29.6 Å². The van der Waals surface area contributed by atoms with Crippen molar-refractivity contribution in [2.75, 3.05) is 18.2 Å². The number of halogens is 1. The summed E-state index contributed by atoms with van der Waals surface area (Å²) >= 11 is 0. The molecule has 5 nitrogen and oxygen atoms in total. The Bertz CT molecular complexity index is 689. The third kappa shape index (κ3) is 5.17. The van der Waals surface area contributed by atoms with Gasteiger partial charge in [-0.05, 0) is 25.1 Å². The summed E-state index contributed by atoms with van der Waals surface area (Å²) in [6, 6.07) is 3.58. The number of aliphatic hydroxyl groups excluding tert-OH is 1. The van der Waals surface area contributed by atoms with E-state index in [2.05, 4.69) is 17.2 Å². The van der Waals surface area contributed by atoms with E-state index < -0.39 is 26.8 Å². The standard InChI is InChI=1S/C14H16FNO4S/c1-10(21(2,19)20)14(18)16-13-7-6-12(15)9-11(13)5-3-4-8-17/h6-7,9-10,17H,4,8H2,1-2H3,(H,16,18). The van der Waals surface area contributed by atoms with Crippen molar-refractivity contribution in [2.24, 2.45) is 0 Å². The monoisotopic (exact) mass is 313 g/mol. The summed E-state index contributed by atoms with van der Waals surface area (Å²) in [5.41, 5.74) is 0.444. The summed E-state index contributed by atoms with van der Waals surface area (Å²) in [7, 11) is -3.52. The largest absolute Gasteiger partial charge is 0.395 e. The van der Waals surface area contributed by atoms with Crippen LogP contribution in [-0.4, -0.2) is 37.5 Å². The van der Waals surface area contributed by atoms with Crippen LogP contribution in [0.3, 0.4) is 0 Å². The molecular formula is C14H16FNO4S. The van der Waals surface area contributed by atoms with Gasteiger partial charge in [0, 0.05) is 12.7 Å². The van der Waals surface area contributed by atoms with E-state index in [0.29, 0.717) is 0 Å². The number of anilines is 1. The number of carbonyl (C=O) groups is 1. The van der Waals surface area contributed by atoms with E-state index in [9.17, 15) is 17.6 Å². The molecule has 1 aromatic rings. The molecule has 0 saturated carbocycles. The summed E-state index contributed by atoms with van der Waals surface area (Å²) in [4.78, 5) is 11.9. The zero-order chi connectivity index (χ0) is 16.0. The number of amides is 1. The number of sulfone groups is 1. The molecule has 0 aliphatic carbocycles. The molecule has 0 aliphatic heterocycles. The van der Waals surface area contributed by atoms with Crippen molar-refractivity contribution in [1.82, 2.24) is 0 Å². The van der Waals surface area contributed by atoms with Gasteiger partial charge < -0.3 is 10.4 Å². The topological polar surface area (TPSA) is 83.5 Å². The van der Waals surface area contributed by atoms with Crippen LogP contribution in [0.25, 0.3) is 0 Å². The van der Waals surface area contributed by atoms with Crippen molar-refractivity contribution in [3.63, 3.8) is 0 Å². The van der Waals surface area contributed by atoms with Gasteiger partial charge in [-0.25, -0.2) is 12.8 Å². The lowest BCUT2D eigenvalue weighted by atomic mass is 10.1. The van der Waals surface area contributed by atoms with Gasteiger partial charge in [-0.1, -0.05) is 11.8 Å². The molecule has 7 heteroatoms. The number of rotatable bonds is 4. The van der Waals surface area contributed by atoms with Gasteiger partial charge in [-0.2, -0.15) is 0 Å². The summed E-state index contributed by atoms with van der Waals surface area (Å²) < 4.78 is 35.9.